The van der Waals surface area contributed by atoms with Crippen LogP contribution in [0.1, 0.15) is 15.9 Å². The number of hydrogen-bond donors (Lipinski definition) is 2. The average Bonchev–Trinajstić information content (AvgIpc) is 2.36. The first-order valence-electron chi connectivity index (χ1n) is 5.61. The van der Waals surface area contributed by atoms with Crippen LogP contribution in [0, 0.1) is 0 Å². The summed E-state index contributed by atoms with van der Waals surface area (Å²) < 4.78 is 0.947. The van der Waals surface area contributed by atoms with Gasteiger partial charge in [-0.2, -0.15) is 0 Å². The molecule has 0 bridgehead atoms. The number of halogens is 1. The molecule has 19 heavy (non-hydrogen) atoms. The van der Waals surface area contributed by atoms with E-state index >= 15 is 0 Å². The van der Waals surface area contributed by atoms with E-state index in [2.05, 4.69) is 34.8 Å². The molecule has 0 saturated heterocycles. The molecule has 0 spiro atoms. The maximum atomic E-state index is 12.0. The summed E-state index contributed by atoms with van der Waals surface area (Å²) in [5, 5.41) is 3.50. The summed E-state index contributed by atoms with van der Waals surface area (Å²) in [7, 11) is 0. The van der Waals surface area contributed by atoms with Crippen LogP contribution in [0.5, 0.6) is 0 Å². The zero-order chi connectivity index (χ0) is 13.8. The second-order valence-electron chi connectivity index (χ2n) is 4.01. The van der Waals surface area contributed by atoms with Gasteiger partial charge in [0.2, 0.25) is 0 Å². The molecular formula is C14H11AsClNOS. The molecule has 96 valence electrons. The van der Waals surface area contributed by atoms with Crippen molar-refractivity contribution in [1.29, 1.82) is 0 Å². The van der Waals surface area contributed by atoms with Gasteiger partial charge in [0.15, 0.2) is 0 Å². The fraction of sp³-hybridized carbons (Fsp3) is 0.0714. The number of rotatable bonds is 3. The average molecular weight is 352 g/mol. The molecule has 1 N–H and O–H groups in total. The molecule has 0 unspecified atom stereocenters. The van der Waals surface area contributed by atoms with Gasteiger partial charge >= 0.3 is 132 Å². The van der Waals surface area contributed by atoms with E-state index in [4.69, 9.17) is 11.6 Å². The molecule has 2 rings (SSSR count). The molecule has 1 amide bonds. The van der Waals surface area contributed by atoms with Gasteiger partial charge in [0, 0.05) is 0 Å². The Morgan fingerprint density at radius 1 is 1.26 bits per heavy atom. The third-order valence-electron chi connectivity index (χ3n) is 2.56. The molecule has 0 atom stereocenters. The molecule has 2 nitrogen and oxygen atoms in total. The van der Waals surface area contributed by atoms with Crippen LogP contribution in [0.2, 0.25) is 5.02 Å². The standard InChI is InChI=1S/C14H11AsClNOS/c15-11-5-10(6-12(19)7-11)14(18)17-8-9-3-1-2-4-13(9)16/h1-7,19H,8H2,(H,17,18). The Labute approximate surface area is 131 Å². The van der Waals surface area contributed by atoms with Crippen molar-refractivity contribution in [3.63, 3.8) is 0 Å². The zero-order valence-corrected chi connectivity index (χ0v) is 13.5. The van der Waals surface area contributed by atoms with Gasteiger partial charge in [-0.1, -0.05) is 0 Å². The van der Waals surface area contributed by atoms with Crippen LogP contribution in [0.4, 0.5) is 0 Å². The van der Waals surface area contributed by atoms with E-state index in [1.807, 2.05) is 30.3 Å². The molecule has 0 aliphatic rings. The Hall–Kier alpha value is -0.892. The molecule has 0 fully saturated rings. The van der Waals surface area contributed by atoms with Gasteiger partial charge < -0.3 is 0 Å². The Bertz CT molecular complexity index is 598. The van der Waals surface area contributed by atoms with Crippen molar-refractivity contribution in [2.45, 2.75) is 11.4 Å². The van der Waals surface area contributed by atoms with Crippen molar-refractivity contribution >= 4 is 51.3 Å². The second-order valence-corrected chi connectivity index (χ2v) is 6.02. The molecule has 0 aromatic heterocycles. The summed E-state index contributed by atoms with van der Waals surface area (Å²) >= 11 is 12.7. The number of thiol groups is 1. The Balaban J connectivity index is 2.08. The topological polar surface area (TPSA) is 29.1 Å². The fourth-order valence-electron chi connectivity index (χ4n) is 1.65. The molecule has 0 heterocycles. The predicted molar refractivity (Wildman–Crippen MR) is 81.7 cm³/mol. The van der Waals surface area contributed by atoms with Gasteiger partial charge in [-0.25, -0.2) is 0 Å². The summed E-state index contributed by atoms with van der Waals surface area (Å²) in [4.78, 5) is 12.8. The second kappa shape index (κ2) is 6.51. The van der Waals surface area contributed by atoms with Crippen molar-refractivity contribution in [3.05, 3.63) is 58.6 Å². The van der Waals surface area contributed by atoms with Crippen LogP contribution in [0.25, 0.3) is 0 Å². The number of hydrogen-bond acceptors (Lipinski definition) is 2. The molecule has 0 aliphatic carbocycles. The SMILES string of the molecule is O=C(NCc1ccccc1Cl)c1cc(S)cc([As])c1. The summed E-state index contributed by atoms with van der Waals surface area (Å²) in [6.07, 6.45) is 0. The first kappa shape index (κ1) is 14.5. The van der Waals surface area contributed by atoms with Gasteiger partial charge in [-0.15, -0.1) is 0 Å². The summed E-state index contributed by atoms with van der Waals surface area (Å²) in [5.74, 6) is -0.136. The van der Waals surface area contributed by atoms with Crippen LogP contribution in [0.15, 0.2) is 47.4 Å². The maximum absolute atomic E-state index is 12.0. The predicted octanol–water partition coefficient (Wildman–Crippen LogP) is 2.35. The summed E-state index contributed by atoms with van der Waals surface area (Å²) in [6.45, 7) is 0.406. The normalized spacial score (nSPS) is 10.3. The zero-order valence-electron chi connectivity index (χ0n) is 9.93. The minimum absolute atomic E-state index is 0.136. The Morgan fingerprint density at radius 2 is 2.00 bits per heavy atom. The summed E-state index contributed by atoms with van der Waals surface area (Å²) in [6, 6.07) is 12.9. The molecule has 2 aromatic carbocycles. The van der Waals surface area contributed by atoms with Crippen LogP contribution in [0.3, 0.4) is 0 Å². The minimum atomic E-state index is -0.136. The van der Waals surface area contributed by atoms with Crippen molar-refractivity contribution in [1.82, 2.24) is 5.32 Å². The molecule has 0 aliphatic heterocycles. The van der Waals surface area contributed by atoms with E-state index in [1.54, 1.807) is 12.1 Å². The Morgan fingerprint density at radius 3 is 2.68 bits per heavy atom. The molecule has 2 aromatic rings. The molecular weight excluding hydrogens is 341 g/mol. The van der Waals surface area contributed by atoms with E-state index in [-0.39, 0.29) is 5.91 Å². The van der Waals surface area contributed by atoms with Gasteiger partial charge in [0.1, 0.15) is 0 Å². The van der Waals surface area contributed by atoms with Crippen LogP contribution < -0.4 is 9.67 Å². The number of carbonyl (C=O) groups excluding carboxylic acids is 1. The monoisotopic (exact) mass is 351 g/mol. The van der Waals surface area contributed by atoms with Crippen molar-refractivity contribution < 1.29 is 4.79 Å². The van der Waals surface area contributed by atoms with Gasteiger partial charge in [0.25, 0.3) is 0 Å². The third-order valence-corrected chi connectivity index (χ3v) is 3.73. The molecule has 2 radical (unpaired) electrons. The molecule has 0 saturated carbocycles. The molecule has 5 heteroatoms. The van der Waals surface area contributed by atoms with Crippen molar-refractivity contribution in [2.75, 3.05) is 0 Å². The number of carbonyl (C=O) groups is 1. The quantitative estimate of drug-likeness (QED) is 0.645. The van der Waals surface area contributed by atoms with Crippen LogP contribution >= 0.6 is 24.2 Å². The van der Waals surface area contributed by atoms with E-state index < -0.39 is 0 Å². The van der Waals surface area contributed by atoms with E-state index in [9.17, 15) is 4.79 Å². The van der Waals surface area contributed by atoms with Crippen LogP contribution in [-0.4, -0.2) is 22.8 Å². The van der Waals surface area contributed by atoms with Crippen molar-refractivity contribution in [2.24, 2.45) is 0 Å². The van der Waals surface area contributed by atoms with E-state index in [1.165, 1.54) is 0 Å². The van der Waals surface area contributed by atoms with E-state index in [0.717, 1.165) is 14.8 Å². The summed E-state index contributed by atoms with van der Waals surface area (Å²) in [5.41, 5.74) is 1.49. The van der Waals surface area contributed by atoms with E-state index in [0.29, 0.717) is 17.1 Å². The third kappa shape index (κ3) is 4.04. The number of benzene rings is 2. The van der Waals surface area contributed by atoms with Gasteiger partial charge in [0.05, 0.1) is 0 Å². The van der Waals surface area contributed by atoms with Gasteiger partial charge in [-0.05, 0) is 0 Å². The van der Waals surface area contributed by atoms with Crippen molar-refractivity contribution in [3.8, 4) is 0 Å². The first-order chi connectivity index (χ1) is 9.06. The Kier molecular flexibility index (Phi) is 4.98. The fourth-order valence-corrected chi connectivity index (χ4v) is 2.93. The number of nitrogens with one attached hydrogen (secondary N) is 1. The van der Waals surface area contributed by atoms with Crippen LogP contribution in [-0.2, 0) is 6.54 Å². The number of amides is 1. The van der Waals surface area contributed by atoms with Gasteiger partial charge in [-0.3, -0.25) is 0 Å². The first-order valence-corrected chi connectivity index (χ1v) is 7.37.